The van der Waals surface area contributed by atoms with Gasteiger partial charge in [-0.3, -0.25) is 9.58 Å². The lowest BCUT2D eigenvalue weighted by molar-refractivity contribution is -0.142. The summed E-state index contributed by atoms with van der Waals surface area (Å²) < 4.78 is 43.1. The van der Waals surface area contributed by atoms with E-state index >= 15 is 0 Å². The number of nitrogens with zero attached hydrogens (tertiary/aromatic N) is 3. The lowest BCUT2D eigenvalue weighted by atomic mass is 10.1. The van der Waals surface area contributed by atoms with Crippen molar-refractivity contribution in [2.45, 2.75) is 31.9 Å². The first-order valence-corrected chi connectivity index (χ1v) is 7.58. The van der Waals surface area contributed by atoms with Crippen LogP contribution in [0.1, 0.15) is 22.9 Å². The lowest BCUT2D eigenvalue weighted by Gasteiger charge is -2.21. The van der Waals surface area contributed by atoms with E-state index in [9.17, 15) is 27.9 Å². The molecule has 7 nitrogen and oxygen atoms in total. The van der Waals surface area contributed by atoms with Crippen molar-refractivity contribution in [2.75, 3.05) is 0 Å². The van der Waals surface area contributed by atoms with Gasteiger partial charge in [0.05, 0.1) is 12.2 Å². The second-order valence-corrected chi connectivity index (χ2v) is 5.75. The Bertz CT molecular complexity index is 820. The van der Waals surface area contributed by atoms with Gasteiger partial charge in [-0.25, -0.2) is 9.59 Å². The van der Waals surface area contributed by atoms with Crippen LogP contribution in [0.4, 0.5) is 18.0 Å². The van der Waals surface area contributed by atoms with Gasteiger partial charge in [0, 0.05) is 11.8 Å². The van der Waals surface area contributed by atoms with Crippen molar-refractivity contribution < 1.29 is 32.6 Å². The highest BCUT2D eigenvalue weighted by molar-refractivity contribution is 5.83. The number of halogens is 3. The molecular weight excluding hydrogens is 355 g/mol. The average Bonchev–Trinajstić information content (AvgIpc) is 3.08. The maximum absolute atomic E-state index is 12.5. The summed E-state index contributed by atoms with van der Waals surface area (Å²) in [4.78, 5) is 24.7. The number of alkyl halides is 3. The van der Waals surface area contributed by atoms with Gasteiger partial charge in [0.15, 0.2) is 6.04 Å². The monoisotopic (exact) mass is 369 g/mol. The highest BCUT2D eigenvalue weighted by atomic mass is 19.4. The highest BCUT2D eigenvalue weighted by Crippen LogP contribution is 2.34. The molecule has 0 spiro atoms. The fraction of sp³-hybridized carbons (Fsp3) is 0.312. The van der Waals surface area contributed by atoms with Gasteiger partial charge in [-0.15, -0.1) is 0 Å². The molecule has 2 aromatic rings. The molecule has 2 heterocycles. The van der Waals surface area contributed by atoms with E-state index in [0.717, 1.165) is 16.7 Å². The second kappa shape index (κ2) is 6.70. The van der Waals surface area contributed by atoms with Crippen LogP contribution in [0.2, 0.25) is 0 Å². The smallest absolute Gasteiger partial charge is 0.411 e. The van der Waals surface area contributed by atoms with Crippen LogP contribution < -0.4 is 0 Å². The van der Waals surface area contributed by atoms with Crippen molar-refractivity contribution >= 4 is 12.1 Å². The number of ether oxygens (including phenoxy) is 1. The topological polar surface area (TPSA) is 84.7 Å². The zero-order valence-corrected chi connectivity index (χ0v) is 13.3. The molecule has 0 bridgehead atoms. The summed E-state index contributed by atoms with van der Waals surface area (Å²) in [7, 11) is 0. The molecule has 1 atom stereocenters. The van der Waals surface area contributed by atoms with E-state index in [2.05, 4.69) is 5.10 Å². The van der Waals surface area contributed by atoms with Crippen molar-refractivity contribution in [3.05, 3.63) is 53.3 Å². The highest BCUT2D eigenvalue weighted by Gasteiger charge is 2.42. The summed E-state index contributed by atoms with van der Waals surface area (Å²) in [5.41, 5.74) is 0.886. The zero-order valence-electron chi connectivity index (χ0n) is 13.3. The standard InChI is InChI=1S/C16H14F3N3O4/c17-16(18,19)9-21-6-11-12(20-21)7-22(13(11)14(23)24)15(25)26-8-10-4-2-1-3-5-10/h1-6,13H,7-9H2,(H,23,24). The number of aliphatic carboxylic acids is 1. The fourth-order valence-corrected chi connectivity index (χ4v) is 2.75. The first-order chi connectivity index (χ1) is 12.2. The molecule has 138 valence electrons. The molecule has 1 unspecified atom stereocenters. The number of hydrogen-bond acceptors (Lipinski definition) is 4. The Hall–Kier alpha value is -3.04. The molecule has 1 N–H and O–H groups in total. The summed E-state index contributed by atoms with van der Waals surface area (Å²) in [6.07, 6.45) is -4.35. The number of fused-ring (bicyclic) bond motifs is 1. The number of carboxylic acids is 1. The van der Waals surface area contributed by atoms with Gasteiger partial charge in [0.2, 0.25) is 0 Å². The van der Waals surface area contributed by atoms with Crippen LogP contribution in [0.25, 0.3) is 0 Å². The minimum atomic E-state index is -4.48. The van der Waals surface area contributed by atoms with Crippen molar-refractivity contribution in [2.24, 2.45) is 0 Å². The minimum absolute atomic E-state index is 0.0474. The Balaban J connectivity index is 1.73. The first-order valence-electron chi connectivity index (χ1n) is 7.58. The largest absolute Gasteiger partial charge is 0.479 e. The summed E-state index contributed by atoms with van der Waals surface area (Å²) in [5, 5.41) is 13.1. The zero-order chi connectivity index (χ0) is 18.9. The molecule has 0 saturated heterocycles. The van der Waals surface area contributed by atoms with Crippen molar-refractivity contribution in [3.63, 3.8) is 0 Å². The normalized spacial score (nSPS) is 16.4. The minimum Gasteiger partial charge on any atom is -0.479 e. The first kappa shape index (κ1) is 17.8. The van der Waals surface area contributed by atoms with Crippen LogP contribution in [-0.4, -0.2) is 38.0 Å². The van der Waals surface area contributed by atoms with Crippen molar-refractivity contribution in [1.82, 2.24) is 14.7 Å². The SMILES string of the molecule is O=C(O)C1c2cn(CC(F)(F)F)nc2CN1C(=O)OCc1ccccc1. The van der Waals surface area contributed by atoms with Crippen LogP contribution >= 0.6 is 0 Å². The van der Waals surface area contributed by atoms with Crippen molar-refractivity contribution in [1.29, 1.82) is 0 Å². The molecule has 1 aliphatic heterocycles. The van der Waals surface area contributed by atoms with Crippen LogP contribution in [0.5, 0.6) is 0 Å². The third-order valence-electron chi connectivity index (χ3n) is 3.81. The average molecular weight is 369 g/mol. The maximum Gasteiger partial charge on any atom is 0.411 e. The molecular formula is C16H14F3N3O4. The fourth-order valence-electron chi connectivity index (χ4n) is 2.75. The molecule has 1 amide bonds. The maximum atomic E-state index is 12.5. The molecule has 0 aliphatic carbocycles. The van der Waals surface area contributed by atoms with Gasteiger partial charge >= 0.3 is 18.2 Å². The van der Waals surface area contributed by atoms with E-state index in [4.69, 9.17) is 4.74 Å². The van der Waals surface area contributed by atoms with Crippen LogP contribution in [0.15, 0.2) is 36.5 Å². The number of aromatic nitrogens is 2. The van der Waals surface area contributed by atoms with E-state index in [0.29, 0.717) is 4.68 Å². The summed E-state index contributed by atoms with van der Waals surface area (Å²) in [6.45, 7) is -1.61. The van der Waals surface area contributed by atoms with Gasteiger partial charge in [-0.1, -0.05) is 30.3 Å². The van der Waals surface area contributed by atoms with Crippen LogP contribution in [-0.2, 0) is 29.2 Å². The number of benzene rings is 1. The third-order valence-corrected chi connectivity index (χ3v) is 3.81. The second-order valence-electron chi connectivity index (χ2n) is 5.75. The third kappa shape index (κ3) is 3.79. The van der Waals surface area contributed by atoms with Gasteiger partial charge in [-0.05, 0) is 5.56 Å². The van der Waals surface area contributed by atoms with E-state index in [-0.39, 0.29) is 24.4 Å². The number of carbonyl (C=O) groups excluding carboxylic acids is 1. The Morgan fingerprint density at radius 2 is 1.96 bits per heavy atom. The van der Waals surface area contributed by atoms with E-state index in [1.54, 1.807) is 30.3 Å². The van der Waals surface area contributed by atoms with Gasteiger partial charge in [0.1, 0.15) is 13.2 Å². The van der Waals surface area contributed by atoms with E-state index in [1.165, 1.54) is 0 Å². The van der Waals surface area contributed by atoms with Crippen molar-refractivity contribution in [3.8, 4) is 0 Å². The number of amides is 1. The molecule has 3 rings (SSSR count). The lowest BCUT2D eigenvalue weighted by Crippen LogP contribution is -2.34. The van der Waals surface area contributed by atoms with Crippen LogP contribution in [0, 0.1) is 0 Å². The molecule has 1 aromatic carbocycles. The summed E-state index contributed by atoms with van der Waals surface area (Å²) in [6, 6.07) is 7.36. The molecule has 1 aromatic heterocycles. The number of carbonyl (C=O) groups is 2. The van der Waals surface area contributed by atoms with Gasteiger partial charge in [0.25, 0.3) is 0 Å². The van der Waals surface area contributed by atoms with Gasteiger partial charge < -0.3 is 9.84 Å². The quantitative estimate of drug-likeness (QED) is 0.896. The Morgan fingerprint density at radius 3 is 2.58 bits per heavy atom. The molecule has 1 aliphatic rings. The Kier molecular flexibility index (Phi) is 4.58. The predicted molar refractivity (Wildman–Crippen MR) is 80.8 cm³/mol. The molecule has 0 radical (unpaired) electrons. The van der Waals surface area contributed by atoms with E-state index < -0.39 is 30.8 Å². The summed E-state index contributed by atoms with van der Waals surface area (Å²) >= 11 is 0. The number of rotatable bonds is 4. The molecule has 26 heavy (non-hydrogen) atoms. The summed E-state index contributed by atoms with van der Waals surface area (Å²) in [5.74, 6) is -1.37. The van der Waals surface area contributed by atoms with Gasteiger partial charge in [-0.2, -0.15) is 18.3 Å². The van der Waals surface area contributed by atoms with Crippen LogP contribution in [0.3, 0.4) is 0 Å². The number of hydrogen-bond donors (Lipinski definition) is 1. The Labute approximate surface area is 145 Å². The predicted octanol–water partition coefficient (Wildman–Crippen LogP) is 2.72. The molecule has 0 saturated carbocycles. The number of carboxylic acid groups (broad SMARTS) is 1. The Morgan fingerprint density at radius 1 is 1.27 bits per heavy atom. The molecule has 10 heteroatoms. The molecule has 0 fully saturated rings. The van der Waals surface area contributed by atoms with E-state index in [1.807, 2.05) is 0 Å².